The number of anilines is 2. The molecule has 1 atom stereocenters. The first-order valence-corrected chi connectivity index (χ1v) is 8.23. The Bertz CT molecular complexity index is 734. The van der Waals surface area contributed by atoms with Gasteiger partial charge in [0.1, 0.15) is 5.75 Å². The summed E-state index contributed by atoms with van der Waals surface area (Å²) in [6.07, 6.45) is 5.06. The third kappa shape index (κ3) is 4.53. The predicted octanol–water partition coefficient (Wildman–Crippen LogP) is 2.26. The van der Waals surface area contributed by atoms with Gasteiger partial charge in [0, 0.05) is 38.1 Å². The van der Waals surface area contributed by atoms with Crippen LogP contribution in [0.2, 0.25) is 0 Å². The number of amides is 1. The van der Waals surface area contributed by atoms with Crippen molar-refractivity contribution < 1.29 is 14.3 Å². The van der Waals surface area contributed by atoms with E-state index in [4.69, 9.17) is 4.74 Å². The normalized spacial score (nSPS) is 17.0. The predicted molar refractivity (Wildman–Crippen MR) is 93.3 cm³/mol. The Kier molecular flexibility index (Phi) is 5.23. The smallest absolute Gasteiger partial charge is 0.316 e. The van der Waals surface area contributed by atoms with Gasteiger partial charge in [-0.25, -0.2) is 9.97 Å². The largest absolute Gasteiger partial charge is 0.426 e. The third-order valence-corrected chi connectivity index (χ3v) is 3.98. The summed E-state index contributed by atoms with van der Waals surface area (Å²) >= 11 is 0. The molecule has 3 rings (SSSR count). The summed E-state index contributed by atoms with van der Waals surface area (Å²) in [5.74, 6) is 0.488. The van der Waals surface area contributed by atoms with Crippen LogP contribution in [0, 0.1) is 5.92 Å². The van der Waals surface area contributed by atoms with Gasteiger partial charge in [-0.3, -0.25) is 9.59 Å². The first-order valence-electron chi connectivity index (χ1n) is 8.23. The van der Waals surface area contributed by atoms with Crippen LogP contribution in [0.4, 0.5) is 11.6 Å². The van der Waals surface area contributed by atoms with Gasteiger partial charge in [0.15, 0.2) is 0 Å². The van der Waals surface area contributed by atoms with Crippen molar-refractivity contribution in [1.29, 1.82) is 0 Å². The number of nitrogens with one attached hydrogen (secondary N) is 1. The summed E-state index contributed by atoms with van der Waals surface area (Å²) in [5.41, 5.74) is 0.664. The highest BCUT2D eigenvalue weighted by atomic mass is 16.5. The van der Waals surface area contributed by atoms with Crippen molar-refractivity contribution in [3.05, 3.63) is 42.7 Å². The van der Waals surface area contributed by atoms with Gasteiger partial charge in [-0.1, -0.05) is 0 Å². The zero-order valence-electron chi connectivity index (χ0n) is 14.0. The molecule has 1 saturated heterocycles. The minimum Gasteiger partial charge on any atom is -0.426 e. The molecule has 1 N–H and O–H groups in total. The molecule has 7 heteroatoms. The fourth-order valence-corrected chi connectivity index (χ4v) is 2.81. The highest BCUT2D eigenvalue weighted by Gasteiger charge is 2.28. The van der Waals surface area contributed by atoms with Crippen molar-refractivity contribution in [3.63, 3.8) is 0 Å². The Morgan fingerprint density at radius 3 is 2.60 bits per heavy atom. The van der Waals surface area contributed by atoms with Gasteiger partial charge in [0.25, 0.3) is 0 Å². The second kappa shape index (κ2) is 7.74. The zero-order valence-corrected chi connectivity index (χ0v) is 14.0. The van der Waals surface area contributed by atoms with Crippen LogP contribution in [0.15, 0.2) is 42.7 Å². The Balaban J connectivity index is 1.60. The molecule has 0 bridgehead atoms. The SMILES string of the molecule is CC(=O)Nc1ccc(OC(=O)C2CCCN(c3ncccn3)C2)cc1. The lowest BCUT2D eigenvalue weighted by Gasteiger charge is -2.31. The lowest BCUT2D eigenvalue weighted by atomic mass is 9.98. The number of nitrogens with zero attached hydrogens (tertiary/aromatic N) is 3. The van der Waals surface area contributed by atoms with E-state index in [2.05, 4.69) is 15.3 Å². The van der Waals surface area contributed by atoms with Crippen molar-refractivity contribution in [2.24, 2.45) is 5.92 Å². The van der Waals surface area contributed by atoms with Gasteiger partial charge < -0.3 is 15.0 Å². The van der Waals surface area contributed by atoms with Crippen molar-refractivity contribution in [2.45, 2.75) is 19.8 Å². The maximum Gasteiger partial charge on any atom is 0.316 e. The monoisotopic (exact) mass is 340 g/mol. The van der Waals surface area contributed by atoms with E-state index in [1.807, 2.05) is 4.90 Å². The molecular formula is C18H20N4O3. The molecule has 1 aliphatic rings. The maximum absolute atomic E-state index is 12.4. The van der Waals surface area contributed by atoms with Crippen LogP contribution in [-0.2, 0) is 9.59 Å². The van der Waals surface area contributed by atoms with Crippen molar-refractivity contribution in [3.8, 4) is 5.75 Å². The molecule has 130 valence electrons. The van der Waals surface area contributed by atoms with E-state index in [9.17, 15) is 9.59 Å². The molecule has 0 saturated carbocycles. The van der Waals surface area contributed by atoms with Gasteiger partial charge in [-0.05, 0) is 43.2 Å². The van der Waals surface area contributed by atoms with Crippen LogP contribution < -0.4 is 15.0 Å². The molecule has 0 radical (unpaired) electrons. The minimum atomic E-state index is -0.257. The van der Waals surface area contributed by atoms with E-state index >= 15 is 0 Å². The van der Waals surface area contributed by atoms with Crippen LogP contribution in [0.3, 0.4) is 0 Å². The third-order valence-electron chi connectivity index (χ3n) is 3.98. The number of ether oxygens (including phenoxy) is 1. The van der Waals surface area contributed by atoms with Gasteiger partial charge in [0.2, 0.25) is 11.9 Å². The first kappa shape index (κ1) is 16.9. The number of benzene rings is 1. The summed E-state index contributed by atoms with van der Waals surface area (Å²) < 4.78 is 5.48. The average molecular weight is 340 g/mol. The summed E-state index contributed by atoms with van der Waals surface area (Å²) in [6.45, 7) is 2.82. The van der Waals surface area contributed by atoms with E-state index in [-0.39, 0.29) is 17.8 Å². The summed E-state index contributed by atoms with van der Waals surface area (Å²) in [4.78, 5) is 34.0. The minimum absolute atomic E-state index is 0.143. The Morgan fingerprint density at radius 1 is 1.20 bits per heavy atom. The fourth-order valence-electron chi connectivity index (χ4n) is 2.81. The number of piperidine rings is 1. The number of esters is 1. The number of hydrogen-bond donors (Lipinski definition) is 1. The van der Waals surface area contributed by atoms with Crippen molar-refractivity contribution >= 4 is 23.5 Å². The number of aromatic nitrogens is 2. The van der Waals surface area contributed by atoms with Gasteiger partial charge >= 0.3 is 5.97 Å². The van der Waals surface area contributed by atoms with Gasteiger partial charge in [-0.15, -0.1) is 0 Å². The molecule has 1 aliphatic heterocycles. The molecule has 1 fully saturated rings. The van der Waals surface area contributed by atoms with Crippen molar-refractivity contribution in [1.82, 2.24) is 9.97 Å². The lowest BCUT2D eigenvalue weighted by Crippen LogP contribution is -2.41. The molecule has 1 aromatic heterocycles. The second-order valence-corrected chi connectivity index (χ2v) is 5.96. The Hall–Kier alpha value is -2.96. The highest BCUT2D eigenvalue weighted by molar-refractivity contribution is 5.88. The molecule has 25 heavy (non-hydrogen) atoms. The van der Waals surface area contributed by atoms with E-state index in [1.54, 1.807) is 42.7 Å². The number of carbonyl (C=O) groups is 2. The van der Waals surface area contributed by atoms with Crippen LogP contribution in [0.25, 0.3) is 0 Å². The summed E-state index contributed by atoms with van der Waals surface area (Å²) in [6, 6.07) is 8.52. The Morgan fingerprint density at radius 2 is 1.92 bits per heavy atom. The maximum atomic E-state index is 12.4. The van der Waals surface area contributed by atoms with Crippen LogP contribution in [-0.4, -0.2) is 34.9 Å². The highest BCUT2D eigenvalue weighted by Crippen LogP contribution is 2.23. The second-order valence-electron chi connectivity index (χ2n) is 5.96. The molecule has 2 heterocycles. The molecule has 2 aromatic rings. The fraction of sp³-hybridized carbons (Fsp3) is 0.333. The van der Waals surface area contributed by atoms with Crippen LogP contribution >= 0.6 is 0 Å². The first-order chi connectivity index (χ1) is 12.1. The summed E-state index contributed by atoms with van der Waals surface area (Å²) in [5, 5.41) is 2.67. The zero-order chi connectivity index (χ0) is 17.6. The van der Waals surface area contributed by atoms with E-state index in [1.165, 1.54) is 6.92 Å². The number of hydrogen-bond acceptors (Lipinski definition) is 6. The molecule has 7 nitrogen and oxygen atoms in total. The Labute approximate surface area is 146 Å². The van der Waals surface area contributed by atoms with Crippen LogP contribution in [0.1, 0.15) is 19.8 Å². The average Bonchev–Trinajstić information content (AvgIpc) is 2.64. The number of carbonyl (C=O) groups excluding carboxylic acids is 2. The standard InChI is InChI=1S/C18H20N4O3/c1-13(23)21-15-5-7-16(8-6-15)25-17(24)14-4-2-11-22(12-14)18-19-9-3-10-20-18/h3,5-10,14H,2,4,11-12H2,1H3,(H,21,23). The van der Waals surface area contributed by atoms with Crippen LogP contribution in [0.5, 0.6) is 5.75 Å². The molecule has 1 amide bonds. The molecular weight excluding hydrogens is 320 g/mol. The lowest BCUT2D eigenvalue weighted by molar-refractivity contribution is -0.139. The van der Waals surface area contributed by atoms with E-state index in [0.29, 0.717) is 23.9 Å². The van der Waals surface area contributed by atoms with E-state index in [0.717, 1.165) is 19.4 Å². The number of rotatable bonds is 4. The van der Waals surface area contributed by atoms with Gasteiger partial charge in [-0.2, -0.15) is 0 Å². The molecule has 0 aliphatic carbocycles. The van der Waals surface area contributed by atoms with Gasteiger partial charge in [0.05, 0.1) is 5.92 Å². The quantitative estimate of drug-likeness (QED) is 0.679. The summed E-state index contributed by atoms with van der Waals surface area (Å²) in [7, 11) is 0. The molecule has 0 spiro atoms. The molecule has 1 unspecified atom stereocenters. The van der Waals surface area contributed by atoms with Crippen molar-refractivity contribution in [2.75, 3.05) is 23.3 Å². The topological polar surface area (TPSA) is 84.4 Å². The molecule has 1 aromatic carbocycles. The van der Waals surface area contributed by atoms with E-state index < -0.39 is 0 Å².